The van der Waals surface area contributed by atoms with Crippen molar-refractivity contribution in [3.63, 3.8) is 0 Å². The van der Waals surface area contributed by atoms with E-state index in [0.717, 1.165) is 6.42 Å². The van der Waals surface area contributed by atoms with Gasteiger partial charge in [0, 0.05) is 0 Å². The second kappa shape index (κ2) is 12.6. The minimum absolute atomic E-state index is 0.367. The molecule has 0 aromatic heterocycles. The van der Waals surface area contributed by atoms with Crippen molar-refractivity contribution in [2.24, 2.45) is 0 Å². The summed E-state index contributed by atoms with van der Waals surface area (Å²) < 4.78 is 5.46. The number of aliphatic hydroxyl groups is 1. The molecule has 0 saturated carbocycles. The van der Waals surface area contributed by atoms with E-state index in [1.807, 2.05) is 18.2 Å². The normalized spacial score (nSPS) is 11.5. The molecule has 0 spiro atoms. The van der Waals surface area contributed by atoms with Gasteiger partial charge in [-0.2, -0.15) is 0 Å². The second-order valence-electron chi connectivity index (χ2n) is 5.27. The van der Waals surface area contributed by atoms with E-state index in [2.05, 4.69) is 31.3 Å². The Labute approximate surface area is 135 Å². The lowest BCUT2D eigenvalue weighted by atomic mass is 10.2. The molecule has 7 heteroatoms. The van der Waals surface area contributed by atoms with Crippen molar-refractivity contribution in [1.29, 1.82) is 0 Å². The number of carbonyl (C=O) groups is 2. The van der Waals surface area contributed by atoms with E-state index < -0.39 is 11.9 Å². The van der Waals surface area contributed by atoms with Crippen LogP contribution in [0, 0.1) is 0 Å². The maximum Gasteiger partial charge on any atom is 0.351 e. The van der Waals surface area contributed by atoms with Crippen LogP contribution >= 0.6 is 0 Å². The molecule has 1 unspecified atom stereocenters. The monoisotopic (exact) mass is 327 g/mol. The predicted octanol–water partition coefficient (Wildman–Crippen LogP) is -1.60. The average molecular weight is 327 g/mol. The van der Waals surface area contributed by atoms with Gasteiger partial charge < -0.3 is 30.2 Å². The minimum atomic E-state index is -2.07. The Bertz CT molecular complexity index is 437. The Hall–Kier alpha value is -1.96. The number of nitrogens with two attached hydrogens (primary N) is 1. The first-order valence-electron chi connectivity index (χ1n) is 7.40. The molecule has 0 aliphatic carbocycles. The summed E-state index contributed by atoms with van der Waals surface area (Å²) in [5, 5.41) is 28.1. The summed E-state index contributed by atoms with van der Waals surface area (Å²) in [6.07, 6.45) is 0.537. The molecule has 4 N–H and O–H groups in total. The quantitative estimate of drug-likeness (QED) is 0.390. The van der Waals surface area contributed by atoms with Gasteiger partial charge in [-0.05, 0) is 25.8 Å². The van der Waals surface area contributed by atoms with E-state index in [4.69, 9.17) is 24.5 Å². The van der Waals surface area contributed by atoms with Crippen molar-refractivity contribution >= 4 is 11.9 Å². The van der Waals surface area contributed by atoms with Crippen molar-refractivity contribution in [1.82, 2.24) is 0 Å². The molecule has 1 atom stereocenters. The molecule has 0 fully saturated rings. The van der Waals surface area contributed by atoms with Crippen molar-refractivity contribution in [3.05, 3.63) is 35.9 Å². The summed E-state index contributed by atoms with van der Waals surface area (Å²) in [5.41, 5.74) is 1.27. The lowest BCUT2D eigenvalue weighted by molar-refractivity contribution is -0.688. The number of carboxylic acids is 2. The molecular formula is C16H25NO6. The van der Waals surface area contributed by atoms with Gasteiger partial charge in [0.1, 0.15) is 12.6 Å². The third kappa shape index (κ3) is 13.4. The van der Waals surface area contributed by atoms with Gasteiger partial charge in [-0.1, -0.05) is 30.3 Å². The van der Waals surface area contributed by atoms with Crippen LogP contribution in [0.1, 0.15) is 19.4 Å². The Morgan fingerprint density at radius 1 is 1.26 bits per heavy atom. The third-order valence-corrected chi connectivity index (χ3v) is 2.74. The predicted molar refractivity (Wildman–Crippen MR) is 81.5 cm³/mol. The van der Waals surface area contributed by atoms with Crippen molar-refractivity contribution in [3.8, 4) is 0 Å². The third-order valence-electron chi connectivity index (χ3n) is 2.74. The first-order valence-corrected chi connectivity index (χ1v) is 7.40. The molecular weight excluding hydrogens is 302 g/mol. The summed E-state index contributed by atoms with van der Waals surface area (Å²) in [5.74, 6) is -4.01. The van der Waals surface area contributed by atoms with Gasteiger partial charge in [0.25, 0.3) is 0 Å². The number of carboxylic acid groups (broad SMARTS) is 2. The largest absolute Gasteiger partial charge is 0.539 e. The molecule has 1 rings (SSSR count). The molecule has 0 aliphatic rings. The number of aliphatic carboxylic acids is 2. The molecule has 0 bridgehead atoms. The van der Waals surface area contributed by atoms with Crippen LogP contribution < -0.4 is 10.4 Å². The number of hydrogen-bond acceptors (Lipinski definition) is 5. The Morgan fingerprint density at radius 3 is 2.30 bits per heavy atom. The summed E-state index contributed by atoms with van der Waals surface area (Å²) in [6.45, 7) is 6.04. The molecule has 0 amide bonds. The number of hydrogen-bond donors (Lipinski definition) is 3. The van der Waals surface area contributed by atoms with E-state index in [1.54, 1.807) is 0 Å². The molecule has 0 saturated heterocycles. The van der Waals surface area contributed by atoms with Gasteiger partial charge in [0.15, 0.2) is 5.97 Å². The molecule has 0 aliphatic heterocycles. The van der Waals surface area contributed by atoms with Crippen LogP contribution in [0.25, 0.3) is 0 Å². The van der Waals surface area contributed by atoms with E-state index in [-0.39, 0.29) is 6.10 Å². The van der Waals surface area contributed by atoms with Gasteiger partial charge in [-0.15, -0.1) is 0 Å². The average Bonchev–Trinajstić information content (AvgIpc) is 2.51. The Balaban J connectivity index is 0.000000688. The fourth-order valence-corrected chi connectivity index (χ4v) is 1.55. The van der Waals surface area contributed by atoms with Gasteiger partial charge in [0.2, 0.25) is 0 Å². The number of carbonyl (C=O) groups excluding carboxylic acids is 1. The van der Waals surface area contributed by atoms with Crippen LogP contribution in [0.3, 0.4) is 0 Å². The molecule has 130 valence electrons. The zero-order valence-corrected chi connectivity index (χ0v) is 13.5. The van der Waals surface area contributed by atoms with Gasteiger partial charge in [-0.25, -0.2) is 4.79 Å². The Kier molecular flexibility index (Phi) is 11.5. The van der Waals surface area contributed by atoms with E-state index in [1.165, 1.54) is 5.56 Å². The lowest BCUT2D eigenvalue weighted by Gasteiger charge is -2.11. The fourth-order valence-electron chi connectivity index (χ4n) is 1.55. The van der Waals surface area contributed by atoms with Crippen LogP contribution in [-0.4, -0.2) is 54.1 Å². The van der Waals surface area contributed by atoms with Gasteiger partial charge in [-0.3, -0.25) is 0 Å². The summed E-state index contributed by atoms with van der Waals surface area (Å²) in [6, 6.07) is 10.8. The van der Waals surface area contributed by atoms with Crippen molar-refractivity contribution in [2.45, 2.75) is 32.4 Å². The second-order valence-corrected chi connectivity index (χ2v) is 5.27. The standard InChI is InChI=1S/C14H23NO2.C2H2O4/c1-12(2)15-10-14(16)11-17-9-8-13-6-4-3-5-7-13;3-1(4)2(5)6/h3-7,12,14-16H,8-11H2,1-2H3;(H,3,4)(H,5,6). The van der Waals surface area contributed by atoms with Crippen LogP contribution in [0.15, 0.2) is 30.3 Å². The number of aliphatic hydroxyl groups excluding tert-OH is 1. The van der Waals surface area contributed by atoms with Crippen LogP contribution in [-0.2, 0) is 20.7 Å². The van der Waals surface area contributed by atoms with Crippen LogP contribution in [0.4, 0.5) is 0 Å². The van der Waals surface area contributed by atoms with Gasteiger partial charge in [0.05, 0.1) is 19.3 Å². The van der Waals surface area contributed by atoms with E-state index in [9.17, 15) is 5.11 Å². The number of rotatable bonds is 8. The smallest absolute Gasteiger partial charge is 0.351 e. The highest BCUT2D eigenvalue weighted by Gasteiger charge is 2.07. The number of quaternary nitrogens is 1. The number of benzene rings is 1. The number of ether oxygens (including phenoxy) is 1. The molecule has 1 aromatic carbocycles. The highest BCUT2D eigenvalue weighted by molar-refractivity contribution is 6.26. The first kappa shape index (κ1) is 21.0. The molecule has 0 radical (unpaired) electrons. The van der Waals surface area contributed by atoms with Crippen molar-refractivity contribution < 1.29 is 35.0 Å². The topological polar surface area (TPSA) is 124 Å². The molecule has 7 nitrogen and oxygen atoms in total. The Morgan fingerprint density at radius 2 is 1.83 bits per heavy atom. The maximum absolute atomic E-state index is 9.64. The summed E-state index contributed by atoms with van der Waals surface area (Å²) >= 11 is 0. The summed E-state index contributed by atoms with van der Waals surface area (Å²) in [7, 11) is 0. The van der Waals surface area contributed by atoms with E-state index >= 15 is 0 Å². The zero-order chi connectivity index (χ0) is 17.7. The van der Waals surface area contributed by atoms with Crippen LogP contribution in [0.5, 0.6) is 0 Å². The lowest BCUT2D eigenvalue weighted by Crippen LogP contribution is -2.90. The maximum atomic E-state index is 9.64. The minimum Gasteiger partial charge on any atom is -0.539 e. The fraction of sp³-hybridized carbons (Fsp3) is 0.500. The van der Waals surface area contributed by atoms with Gasteiger partial charge >= 0.3 is 5.97 Å². The SMILES string of the molecule is CC(C)[NH2+]CC(O)COCCc1ccccc1.O=C([O-])C(=O)O. The highest BCUT2D eigenvalue weighted by atomic mass is 16.5. The molecule has 0 heterocycles. The first-order chi connectivity index (χ1) is 10.8. The molecule has 1 aromatic rings. The highest BCUT2D eigenvalue weighted by Crippen LogP contribution is 1.99. The molecule has 23 heavy (non-hydrogen) atoms. The zero-order valence-electron chi connectivity index (χ0n) is 13.5. The van der Waals surface area contributed by atoms with E-state index in [0.29, 0.717) is 25.8 Å². The van der Waals surface area contributed by atoms with Crippen molar-refractivity contribution in [2.75, 3.05) is 19.8 Å². The summed E-state index contributed by atoms with van der Waals surface area (Å²) in [4.78, 5) is 18.0. The van der Waals surface area contributed by atoms with Crippen LogP contribution in [0.2, 0.25) is 0 Å².